The summed E-state index contributed by atoms with van der Waals surface area (Å²) in [6.45, 7) is 26.5. The molecule has 5 nitrogen and oxygen atoms in total. The Labute approximate surface area is 226 Å². The van der Waals surface area contributed by atoms with Gasteiger partial charge < -0.3 is 19.4 Å². The molecule has 198 valence electrons. The van der Waals surface area contributed by atoms with E-state index in [0.29, 0.717) is 17.4 Å². The number of halogens is 1. The van der Waals surface area contributed by atoms with Gasteiger partial charge in [-0.15, -0.1) is 0 Å². The van der Waals surface area contributed by atoms with E-state index in [2.05, 4.69) is 26.1 Å². The van der Waals surface area contributed by atoms with E-state index < -0.39 is 5.54 Å². The summed E-state index contributed by atoms with van der Waals surface area (Å²) in [6, 6.07) is 14.6. The van der Waals surface area contributed by atoms with Crippen LogP contribution in [0.5, 0.6) is 0 Å². The van der Waals surface area contributed by atoms with Crippen LogP contribution < -0.4 is 4.90 Å². The van der Waals surface area contributed by atoms with E-state index in [0.717, 1.165) is 70.4 Å². The highest BCUT2D eigenvalue weighted by Crippen LogP contribution is 2.52. The van der Waals surface area contributed by atoms with Crippen LogP contribution in [0.4, 0.5) is 15.8 Å². The molecule has 2 saturated heterocycles. The first kappa shape index (κ1) is 26.3. The fourth-order valence-electron chi connectivity index (χ4n) is 7.11. The maximum absolute atomic E-state index is 14.5. The number of hydrogen-bond acceptors (Lipinski definition) is 3. The van der Waals surface area contributed by atoms with E-state index in [4.69, 9.17) is 17.9 Å². The molecule has 1 saturated carbocycles. The summed E-state index contributed by atoms with van der Waals surface area (Å²) < 4.78 is 20.6. The number of hydrogen-bond donors (Lipinski definition) is 0. The molecular formula is C32H37FN4O. The fourth-order valence-corrected chi connectivity index (χ4v) is 7.11. The van der Waals surface area contributed by atoms with Crippen LogP contribution in [-0.2, 0) is 10.3 Å². The number of piperidine rings is 1. The molecular weight excluding hydrogens is 475 g/mol. The lowest BCUT2D eigenvalue weighted by molar-refractivity contribution is 0.0238. The minimum atomic E-state index is -0.782. The van der Waals surface area contributed by atoms with Crippen molar-refractivity contribution in [2.75, 3.05) is 37.6 Å². The smallest absolute Gasteiger partial charge is 0.266 e. The highest BCUT2D eigenvalue weighted by molar-refractivity contribution is 5.56. The zero-order valence-corrected chi connectivity index (χ0v) is 22.3. The van der Waals surface area contributed by atoms with Crippen molar-refractivity contribution in [3.63, 3.8) is 0 Å². The zero-order valence-electron chi connectivity index (χ0n) is 22.3. The Morgan fingerprint density at radius 1 is 1.08 bits per heavy atom. The average Bonchev–Trinajstić information content (AvgIpc) is 3.35. The maximum Gasteiger partial charge on any atom is 0.266 e. The van der Waals surface area contributed by atoms with Crippen LogP contribution in [-0.4, -0.2) is 43.7 Å². The number of benzene rings is 2. The Bertz CT molecular complexity index is 1220. The van der Waals surface area contributed by atoms with Crippen molar-refractivity contribution in [1.82, 2.24) is 4.90 Å². The van der Waals surface area contributed by atoms with Crippen molar-refractivity contribution in [2.45, 2.75) is 50.7 Å². The van der Waals surface area contributed by atoms with E-state index in [1.807, 2.05) is 37.3 Å². The van der Waals surface area contributed by atoms with Crippen LogP contribution in [0.1, 0.15) is 44.6 Å². The zero-order chi connectivity index (χ0) is 26.7. The van der Waals surface area contributed by atoms with Crippen molar-refractivity contribution in [1.29, 1.82) is 0 Å². The number of allylic oxidation sites excluding steroid dienone is 1. The van der Waals surface area contributed by atoms with Crippen molar-refractivity contribution in [3.8, 4) is 0 Å². The van der Waals surface area contributed by atoms with Crippen molar-refractivity contribution in [3.05, 3.63) is 95.1 Å². The molecule has 0 N–H and O–H groups in total. The summed E-state index contributed by atoms with van der Waals surface area (Å²) in [5.41, 5.74) is 1.90. The first-order chi connectivity index (χ1) is 18.4. The standard InChI is InChI=1S/C32H37FN4O/c1-23(2)38-31-10-6-9-30(31)32(35-4,26-7-5-8-27(33)19-26)25-15-17-36(18-16-25)20-24-21-37(22-24)29-13-11-28(34-3)12-14-29/h5,7-8,11-14,19,24-25,30-31H,1,6,9-10,15-18,20-22H2,2H3/t30-,31-,32?/m1/s1. The first-order valence-electron chi connectivity index (χ1n) is 13.8. The minimum Gasteiger partial charge on any atom is -0.495 e. The number of likely N-dealkylation sites (tertiary alicyclic amines) is 1. The van der Waals surface area contributed by atoms with Crippen molar-refractivity contribution in [2.24, 2.45) is 17.8 Å². The van der Waals surface area contributed by atoms with Gasteiger partial charge in [-0.05, 0) is 76.4 Å². The SMILES string of the molecule is [C-]#[N+]c1ccc(N2CC(CN3CCC(C([N+]#[C-])(c4cccc(F)c4)[C@@H]4CCC[C@H]4OC(=C)C)CC3)C2)cc1. The molecule has 2 aromatic rings. The van der Waals surface area contributed by atoms with Gasteiger partial charge in [-0.2, -0.15) is 0 Å². The summed E-state index contributed by atoms with van der Waals surface area (Å²) >= 11 is 0. The number of rotatable bonds is 8. The van der Waals surface area contributed by atoms with Crippen molar-refractivity contribution >= 4 is 11.4 Å². The molecule has 3 fully saturated rings. The minimum absolute atomic E-state index is 0.0319. The highest BCUT2D eigenvalue weighted by Gasteiger charge is 2.58. The molecule has 0 aromatic heterocycles. The number of nitrogens with zero attached hydrogens (tertiary/aromatic N) is 4. The van der Waals surface area contributed by atoms with E-state index in [1.165, 1.54) is 11.8 Å². The maximum atomic E-state index is 14.5. The van der Waals surface area contributed by atoms with E-state index in [1.54, 1.807) is 12.1 Å². The summed E-state index contributed by atoms with van der Waals surface area (Å²) in [7, 11) is 0. The second-order valence-electron chi connectivity index (χ2n) is 11.3. The van der Waals surface area contributed by atoms with Gasteiger partial charge >= 0.3 is 0 Å². The van der Waals surface area contributed by atoms with Gasteiger partial charge in [-0.25, -0.2) is 15.8 Å². The first-order valence-corrected chi connectivity index (χ1v) is 13.8. The fraction of sp³-hybridized carbons (Fsp3) is 0.500. The van der Waals surface area contributed by atoms with Gasteiger partial charge in [0.05, 0.1) is 18.2 Å². The molecule has 1 unspecified atom stereocenters. The Balaban J connectivity index is 1.26. The molecule has 38 heavy (non-hydrogen) atoms. The molecule has 2 aromatic carbocycles. The molecule has 2 aliphatic heterocycles. The van der Waals surface area contributed by atoms with Crippen LogP contribution in [0.2, 0.25) is 0 Å². The molecule has 3 atom stereocenters. The summed E-state index contributed by atoms with van der Waals surface area (Å²) in [5.74, 6) is 1.23. The molecule has 0 radical (unpaired) electrons. The molecule has 0 spiro atoms. The molecule has 3 aliphatic rings. The van der Waals surface area contributed by atoms with E-state index in [9.17, 15) is 4.39 Å². The highest BCUT2D eigenvalue weighted by atomic mass is 19.1. The van der Waals surface area contributed by atoms with Gasteiger partial charge in [0.1, 0.15) is 11.9 Å². The Kier molecular flexibility index (Phi) is 7.73. The third kappa shape index (κ3) is 5.16. The van der Waals surface area contributed by atoms with Gasteiger partial charge in [0.15, 0.2) is 5.69 Å². The second-order valence-corrected chi connectivity index (χ2v) is 11.3. The van der Waals surface area contributed by atoms with Gasteiger partial charge in [-0.3, -0.25) is 0 Å². The van der Waals surface area contributed by atoms with Gasteiger partial charge in [0.25, 0.3) is 5.54 Å². The Morgan fingerprint density at radius 3 is 2.45 bits per heavy atom. The molecule has 1 aliphatic carbocycles. The number of anilines is 1. The molecule has 2 heterocycles. The van der Waals surface area contributed by atoms with Crippen LogP contribution in [0.15, 0.2) is 60.9 Å². The molecule has 0 amide bonds. The van der Waals surface area contributed by atoms with Gasteiger partial charge in [-0.1, -0.05) is 30.8 Å². The van der Waals surface area contributed by atoms with Crippen molar-refractivity contribution < 1.29 is 9.13 Å². The molecule has 0 bridgehead atoms. The largest absolute Gasteiger partial charge is 0.495 e. The quantitative estimate of drug-likeness (QED) is 0.280. The average molecular weight is 513 g/mol. The lowest BCUT2D eigenvalue weighted by atomic mass is 9.65. The van der Waals surface area contributed by atoms with Crippen LogP contribution in [0.3, 0.4) is 0 Å². The predicted molar refractivity (Wildman–Crippen MR) is 149 cm³/mol. The van der Waals surface area contributed by atoms with Gasteiger partial charge in [0, 0.05) is 42.7 Å². The third-order valence-electron chi connectivity index (χ3n) is 8.87. The summed E-state index contributed by atoms with van der Waals surface area (Å²) in [5, 5.41) is 0. The van der Waals surface area contributed by atoms with Crippen LogP contribution in [0.25, 0.3) is 9.69 Å². The normalized spacial score (nSPS) is 24.2. The summed E-state index contributed by atoms with van der Waals surface area (Å²) in [4.78, 5) is 12.8. The van der Waals surface area contributed by atoms with E-state index in [-0.39, 0.29) is 23.8 Å². The Hall–Kier alpha value is -3.35. The molecule has 5 rings (SSSR count). The summed E-state index contributed by atoms with van der Waals surface area (Å²) in [6.07, 6.45) is 4.68. The second kappa shape index (κ2) is 11.2. The van der Waals surface area contributed by atoms with Crippen LogP contribution >= 0.6 is 0 Å². The van der Waals surface area contributed by atoms with Gasteiger partial charge in [0.2, 0.25) is 0 Å². The monoisotopic (exact) mass is 512 g/mol. The topological polar surface area (TPSA) is 24.4 Å². The Morgan fingerprint density at radius 2 is 1.82 bits per heavy atom. The van der Waals surface area contributed by atoms with E-state index >= 15 is 0 Å². The number of ether oxygens (including phenoxy) is 1. The lowest BCUT2D eigenvalue weighted by Gasteiger charge is -2.46. The molecule has 6 heteroatoms. The van der Waals surface area contributed by atoms with Crippen LogP contribution in [0, 0.1) is 36.7 Å². The lowest BCUT2D eigenvalue weighted by Crippen LogP contribution is -2.54. The predicted octanol–water partition coefficient (Wildman–Crippen LogP) is 7.06. The third-order valence-corrected chi connectivity index (χ3v) is 8.87.